The van der Waals surface area contributed by atoms with Gasteiger partial charge in [-0.1, -0.05) is 6.07 Å². The van der Waals surface area contributed by atoms with Crippen LogP contribution in [0.2, 0.25) is 0 Å². The summed E-state index contributed by atoms with van der Waals surface area (Å²) in [7, 11) is 0. The second-order valence-corrected chi connectivity index (χ2v) is 4.78. The third kappa shape index (κ3) is 6.97. The number of carbonyl (C=O) groups is 2. The number of rotatable bonds is 2. The van der Waals surface area contributed by atoms with Crippen molar-refractivity contribution >= 4 is 17.7 Å². The molecule has 1 aliphatic rings. The molecule has 0 saturated carbocycles. The molecule has 10 heteroatoms. The van der Waals surface area contributed by atoms with Crippen molar-refractivity contribution in [2.24, 2.45) is 0 Å². The number of alkyl halides is 3. The molecule has 0 aromatic heterocycles. The van der Waals surface area contributed by atoms with E-state index in [2.05, 4.69) is 16.0 Å². The second kappa shape index (κ2) is 8.73. The van der Waals surface area contributed by atoms with E-state index in [0.29, 0.717) is 11.3 Å². The Morgan fingerprint density at radius 2 is 2.04 bits per heavy atom. The van der Waals surface area contributed by atoms with Crippen LogP contribution < -0.4 is 16.0 Å². The predicted molar refractivity (Wildman–Crippen MR) is 78.3 cm³/mol. The lowest BCUT2D eigenvalue weighted by Gasteiger charge is -2.12. The highest BCUT2D eigenvalue weighted by atomic mass is 19.4. The fraction of sp³-hybridized carbons (Fsp3) is 0.357. The number of amides is 2. The molecule has 1 heterocycles. The fourth-order valence-corrected chi connectivity index (χ4v) is 1.80. The van der Waals surface area contributed by atoms with E-state index < -0.39 is 12.1 Å². The largest absolute Gasteiger partial charge is 0.490 e. The Kier molecular flexibility index (Phi) is 7.00. The van der Waals surface area contributed by atoms with Crippen molar-refractivity contribution in [1.82, 2.24) is 10.6 Å². The number of anilines is 1. The van der Waals surface area contributed by atoms with Crippen molar-refractivity contribution in [3.05, 3.63) is 29.8 Å². The van der Waals surface area contributed by atoms with Crippen LogP contribution in [0.15, 0.2) is 24.3 Å². The summed E-state index contributed by atoms with van der Waals surface area (Å²) in [5.41, 5.74) is 1.16. The first kappa shape index (κ1) is 19.2. The second-order valence-electron chi connectivity index (χ2n) is 4.78. The Labute approximate surface area is 135 Å². The summed E-state index contributed by atoms with van der Waals surface area (Å²) in [5.74, 6) is -2.76. The summed E-state index contributed by atoms with van der Waals surface area (Å²) in [6, 6.07) is 8.84. The number of halogens is 3. The van der Waals surface area contributed by atoms with Crippen LogP contribution in [0.3, 0.4) is 0 Å². The first-order valence-corrected chi connectivity index (χ1v) is 6.81. The lowest BCUT2D eigenvalue weighted by atomic mass is 10.2. The third-order valence-corrected chi connectivity index (χ3v) is 2.89. The summed E-state index contributed by atoms with van der Waals surface area (Å²) >= 11 is 0. The van der Waals surface area contributed by atoms with Gasteiger partial charge in [-0.2, -0.15) is 18.4 Å². The maximum atomic E-state index is 11.6. The molecule has 1 aromatic carbocycles. The zero-order valence-corrected chi connectivity index (χ0v) is 12.4. The molecule has 2 rings (SSSR count). The number of carboxylic acid groups (broad SMARTS) is 1. The highest BCUT2D eigenvalue weighted by Crippen LogP contribution is 2.13. The lowest BCUT2D eigenvalue weighted by Crippen LogP contribution is -2.39. The first-order valence-electron chi connectivity index (χ1n) is 6.81. The van der Waals surface area contributed by atoms with Gasteiger partial charge < -0.3 is 21.1 Å². The van der Waals surface area contributed by atoms with Crippen LogP contribution in [0.1, 0.15) is 12.0 Å². The Morgan fingerprint density at radius 1 is 1.38 bits per heavy atom. The topological polar surface area (TPSA) is 114 Å². The molecule has 24 heavy (non-hydrogen) atoms. The van der Waals surface area contributed by atoms with Crippen LogP contribution in [0, 0.1) is 11.3 Å². The first-order chi connectivity index (χ1) is 11.2. The lowest BCUT2D eigenvalue weighted by molar-refractivity contribution is -0.192. The zero-order chi connectivity index (χ0) is 18.2. The Morgan fingerprint density at radius 3 is 2.54 bits per heavy atom. The summed E-state index contributed by atoms with van der Waals surface area (Å²) in [4.78, 5) is 20.5. The van der Waals surface area contributed by atoms with Gasteiger partial charge in [0.15, 0.2) is 0 Å². The average Bonchev–Trinajstić information content (AvgIpc) is 2.99. The Balaban J connectivity index is 0.000000351. The van der Waals surface area contributed by atoms with E-state index in [4.69, 9.17) is 15.2 Å². The predicted octanol–water partition coefficient (Wildman–Crippen LogP) is 1.67. The maximum Gasteiger partial charge on any atom is 0.490 e. The smallest absolute Gasteiger partial charge is 0.475 e. The van der Waals surface area contributed by atoms with Crippen molar-refractivity contribution in [1.29, 1.82) is 5.26 Å². The number of urea groups is 1. The van der Waals surface area contributed by atoms with E-state index in [1.165, 1.54) is 0 Å². The van der Waals surface area contributed by atoms with Crippen LogP contribution in [0.25, 0.3) is 0 Å². The van der Waals surface area contributed by atoms with E-state index >= 15 is 0 Å². The summed E-state index contributed by atoms with van der Waals surface area (Å²) in [5, 5.41) is 24.6. The number of nitriles is 1. The molecule has 0 radical (unpaired) electrons. The molecule has 0 aliphatic carbocycles. The normalized spacial score (nSPS) is 16.3. The van der Waals surface area contributed by atoms with E-state index in [0.717, 1.165) is 19.5 Å². The minimum Gasteiger partial charge on any atom is -0.475 e. The minimum absolute atomic E-state index is 0.189. The number of hydrogen-bond acceptors (Lipinski definition) is 4. The van der Waals surface area contributed by atoms with Gasteiger partial charge >= 0.3 is 18.2 Å². The van der Waals surface area contributed by atoms with Crippen molar-refractivity contribution in [2.45, 2.75) is 18.6 Å². The molecular weight excluding hydrogens is 329 g/mol. The average molecular weight is 344 g/mol. The Hall–Kier alpha value is -2.80. The monoisotopic (exact) mass is 344 g/mol. The van der Waals surface area contributed by atoms with Gasteiger partial charge in [-0.25, -0.2) is 9.59 Å². The van der Waals surface area contributed by atoms with Gasteiger partial charge in [-0.15, -0.1) is 0 Å². The number of carboxylic acids is 1. The van der Waals surface area contributed by atoms with Crippen LogP contribution in [-0.2, 0) is 4.79 Å². The van der Waals surface area contributed by atoms with E-state index in [-0.39, 0.29) is 12.1 Å². The summed E-state index contributed by atoms with van der Waals surface area (Å²) < 4.78 is 31.7. The van der Waals surface area contributed by atoms with Gasteiger partial charge in [-0.05, 0) is 31.2 Å². The number of benzene rings is 1. The quantitative estimate of drug-likeness (QED) is 0.652. The van der Waals surface area contributed by atoms with Crippen LogP contribution in [0.5, 0.6) is 0 Å². The molecule has 7 nitrogen and oxygen atoms in total. The number of nitrogens with one attached hydrogen (secondary N) is 3. The van der Waals surface area contributed by atoms with Gasteiger partial charge in [0.2, 0.25) is 0 Å². The number of nitrogens with zero attached hydrogens (tertiary/aromatic N) is 1. The van der Waals surface area contributed by atoms with Crippen LogP contribution >= 0.6 is 0 Å². The molecule has 0 unspecified atom stereocenters. The van der Waals surface area contributed by atoms with Crippen LogP contribution in [0.4, 0.5) is 23.7 Å². The SMILES string of the molecule is N#Cc1cccc(NC(=O)N[C@H]2CCNC2)c1.O=C(O)C(F)(F)F. The zero-order valence-electron chi connectivity index (χ0n) is 12.4. The molecular formula is C14H15F3N4O3. The van der Waals surface area contributed by atoms with Gasteiger partial charge in [0.05, 0.1) is 11.6 Å². The van der Waals surface area contributed by atoms with Crippen molar-refractivity contribution in [2.75, 3.05) is 18.4 Å². The molecule has 1 atom stereocenters. The Bertz CT molecular complexity index is 622. The molecule has 1 fully saturated rings. The number of carbonyl (C=O) groups excluding carboxylic acids is 1. The van der Waals surface area contributed by atoms with Gasteiger partial charge in [0.25, 0.3) is 0 Å². The highest BCUT2D eigenvalue weighted by Gasteiger charge is 2.38. The van der Waals surface area contributed by atoms with E-state index in [1.807, 2.05) is 6.07 Å². The molecule has 1 aliphatic heterocycles. The fourth-order valence-electron chi connectivity index (χ4n) is 1.80. The van der Waals surface area contributed by atoms with Crippen molar-refractivity contribution < 1.29 is 27.9 Å². The van der Waals surface area contributed by atoms with Gasteiger partial charge in [0, 0.05) is 18.3 Å². The van der Waals surface area contributed by atoms with E-state index in [1.54, 1.807) is 24.3 Å². The third-order valence-electron chi connectivity index (χ3n) is 2.89. The molecule has 0 bridgehead atoms. The molecule has 1 saturated heterocycles. The van der Waals surface area contributed by atoms with Gasteiger partial charge in [0.1, 0.15) is 0 Å². The van der Waals surface area contributed by atoms with E-state index in [9.17, 15) is 18.0 Å². The summed E-state index contributed by atoms with van der Waals surface area (Å²) in [6.07, 6.45) is -4.13. The highest BCUT2D eigenvalue weighted by molar-refractivity contribution is 5.89. The summed E-state index contributed by atoms with van der Waals surface area (Å²) in [6.45, 7) is 1.75. The number of aliphatic carboxylic acids is 1. The van der Waals surface area contributed by atoms with Crippen molar-refractivity contribution in [3.8, 4) is 6.07 Å². The van der Waals surface area contributed by atoms with Crippen LogP contribution in [-0.4, -0.2) is 42.4 Å². The molecule has 4 N–H and O–H groups in total. The van der Waals surface area contributed by atoms with Gasteiger partial charge in [-0.3, -0.25) is 0 Å². The molecule has 2 amide bonds. The maximum absolute atomic E-state index is 11.6. The standard InChI is InChI=1S/C12H14N4O.C2HF3O2/c13-7-9-2-1-3-10(6-9)15-12(17)16-11-4-5-14-8-11;3-2(4,5)1(6)7/h1-3,6,11,14H,4-5,8H2,(H2,15,16,17);(H,6,7)/t11-;/m0./s1. The molecule has 130 valence electrons. The minimum atomic E-state index is -5.08. The molecule has 0 spiro atoms. The number of hydrogen-bond donors (Lipinski definition) is 4. The molecule has 1 aromatic rings. The van der Waals surface area contributed by atoms with Crippen molar-refractivity contribution in [3.63, 3.8) is 0 Å².